The molecule has 0 aromatic carbocycles. The molecule has 0 N–H and O–H groups in total. The molecular formula is C15H20ClNO. The second-order valence-corrected chi connectivity index (χ2v) is 5.62. The summed E-state index contributed by atoms with van der Waals surface area (Å²) in [5.74, 6) is 6.82. The molecule has 0 aliphatic heterocycles. The van der Waals surface area contributed by atoms with Crippen molar-refractivity contribution in [3.8, 4) is 17.6 Å². The van der Waals surface area contributed by atoms with Crippen LogP contribution >= 0.6 is 11.6 Å². The van der Waals surface area contributed by atoms with E-state index in [0.29, 0.717) is 17.9 Å². The van der Waals surface area contributed by atoms with Crippen molar-refractivity contribution in [1.29, 1.82) is 0 Å². The van der Waals surface area contributed by atoms with Crippen molar-refractivity contribution in [2.75, 3.05) is 12.5 Å². The quantitative estimate of drug-likeness (QED) is 0.468. The fourth-order valence-corrected chi connectivity index (χ4v) is 1.56. The second kappa shape index (κ2) is 7.28. The van der Waals surface area contributed by atoms with Crippen molar-refractivity contribution in [2.45, 2.75) is 33.6 Å². The highest BCUT2D eigenvalue weighted by molar-refractivity contribution is 6.19. The number of pyridine rings is 1. The third-order valence-corrected chi connectivity index (χ3v) is 2.49. The smallest absolute Gasteiger partial charge is 0.138 e. The van der Waals surface area contributed by atoms with Gasteiger partial charge in [-0.25, -0.2) is 0 Å². The zero-order valence-electron chi connectivity index (χ0n) is 11.3. The van der Waals surface area contributed by atoms with Crippen molar-refractivity contribution in [1.82, 2.24) is 4.98 Å². The third kappa shape index (κ3) is 6.51. The third-order valence-electron chi connectivity index (χ3n) is 2.35. The summed E-state index contributed by atoms with van der Waals surface area (Å²) in [6.07, 6.45) is 5.61. The first-order chi connectivity index (χ1) is 8.51. The SMILES string of the molecule is CC(C)(C)CCCOc1cncc(C#CCCl)c1. The van der Waals surface area contributed by atoms with Crippen molar-refractivity contribution >= 4 is 11.6 Å². The van der Waals surface area contributed by atoms with Gasteiger partial charge in [0.15, 0.2) is 0 Å². The predicted octanol–water partition coefficient (Wildman–Crippen LogP) is 3.88. The van der Waals surface area contributed by atoms with Gasteiger partial charge in [0.1, 0.15) is 5.75 Å². The Bertz CT molecular complexity index is 426. The van der Waals surface area contributed by atoms with Crippen LogP contribution in [-0.4, -0.2) is 17.5 Å². The molecule has 2 nitrogen and oxygen atoms in total. The summed E-state index contributed by atoms with van der Waals surface area (Å²) in [5, 5.41) is 0. The highest BCUT2D eigenvalue weighted by atomic mass is 35.5. The van der Waals surface area contributed by atoms with E-state index in [-0.39, 0.29) is 0 Å². The van der Waals surface area contributed by atoms with E-state index in [1.165, 1.54) is 0 Å². The average Bonchev–Trinajstić information content (AvgIpc) is 2.31. The molecule has 0 aliphatic carbocycles. The summed E-state index contributed by atoms with van der Waals surface area (Å²) in [7, 11) is 0. The summed E-state index contributed by atoms with van der Waals surface area (Å²) in [6.45, 7) is 7.41. The van der Waals surface area contributed by atoms with Gasteiger partial charge in [-0.2, -0.15) is 0 Å². The van der Waals surface area contributed by atoms with Gasteiger partial charge in [-0.15, -0.1) is 11.6 Å². The molecule has 0 saturated heterocycles. The van der Waals surface area contributed by atoms with Crippen LogP contribution in [0.25, 0.3) is 0 Å². The Morgan fingerprint density at radius 1 is 1.33 bits per heavy atom. The van der Waals surface area contributed by atoms with E-state index < -0.39 is 0 Å². The van der Waals surface area contributed by atoms with Crippen LogP contribution in [0.2, 0.25) is 0 Å². The van der Waals surface area contributed by atoms with Crippen LogP contribution in [0.3, 0.4) is 0 Å². The van der Waals surface area contributed by atoms with E-state index in [9.17, 15) is 0 Å². The van der Waals surface area contributed by atoms with Gasteiger partial charge in [0.2, 0.25) is 0 Å². The van der Waals surface area contributed by atoms with Crippen LogP contribution in [0.4, 0.5) is 0 Å². The number of hydrogen-bond donors (Lipinski definition) is 0. The molecular weight excluding hydrogens is 246 g/mol. The maximum atomic E-state index is 5.66. The first kappa shape index (κ1) is 14.9. The average molecular weight is 266 g/mol. The van der Waals surface area contributed by atoms with Gasteiger partial charge < -0.3 is 4.74 Å². The summed E-state index contributed by atoms with van der Waals surface area (Å²) < 4.78 is 5.66. The molecule has 0 atom stereocenters. The topological polar surface area (TPSA) is 22.1 Å². The van der Waals surface area contributed by atoms with Crippen molar-refractivity contribution in [3.05, 3.63) is 24.0 Å². The highest BCUT2D eigenvalue weighted by Crippen LogP contribution is 2.20. The first-order valence-electron chi connectivity index (χ1n) is 6.14. The van der Waals surface area contributed by atoms with Gasteiger partial charge in [-0.3, -0.25) is 4.98 Å². The summed E-state index contributed by atoms with van der Waals surface area (Å²) in [4.78, 5) is 4.09. The van der Waals surface area contributed by atoms with Gasteiger partial charge in [-0.1, -0.05) is 32.6 Å². The molecule has 0 spiro atoms. The molecule has 0 bridgehead atoms. The first-order valence-corrected chi connectivity index (χ1v) is 6.67. The molecule has 1 heterocycles. The number of rotatable bonds is 4. The summed E-state index contributed by atoms with van der Waals surface area (Å²) in [6, 6.07) is 1.89. The molecule has 98 valence electrons. The van der Waals surface area contributed by atoms with Gasteiger partial charge in [0, 0.05) is 11.8 Å². The minimum Gasteiger partial charge on any atom is -0.492 e. The lowest BCUT2D eigenvalue weighted by Gasteiger charge is -2.17. The van der Waals surface area contributed by atoms with Gasteiger partial charge in [-0.05, 0) is 24.3 Å². The van der Waals surface area contributed by atoms with Crippen LogP contribution in [0.15, 0.2) is 18.5 Å². The van der Waals surface area contributed by atoms with E-state index in [2.05, 4.69) is 37.6 Å². The van der Waals surface area contributed by atoms with E-state index in [1.54, 1.807) is 12.4 Å². The predicted molar refractivity (Wildman–Crippen MR) is 76.0 cm³/mol. The number of halogens is 1. The summed E-state index contributed by atoms with van der Waals surface area (Å²) >= 11 is 5.51. The molecule has 1 rings (SSSR count). The minimum absolute atomic E-state index is 0.330. The Hall–Kier alpha value is -1.20. The molecule has 1 aromatic heterocycles. The molecule has 0 radical (unpaired) electrons. The van der Waals surface area contributed by atoms with Crippen molar-refractivity contribution in [2.24, 2.45) is 5.41 Å². The van der Waals surface area contributed by atoms with Crippen LogP contribution in [-0.2, 0) is 0 Å². The monoisotopic (exact) mass is 265 g/mol. The van der Waals surface area contributed by atoms with Crippen LogP contribution < -0.4 is 4.74 Å². The van der Waals surface area contributed by atoms with E-state index in [1.807, 2.05) is 6.07 Å². The number of nitrogens with zero attached hydrogens (tertiary/aromatic N) is 1. The Labute approximate surface area is 115 Å². The standard InChI is InChI=1S/C15H20ClNO/c1-15(2,3)7-5-9-18-14-10-13(6-4-8-16)11-17-12-14/h10-12H,5,7-9H2,1-3H3. The normalized spacial score (nSPS) is 10.7. The Morgan fingerprint density at radius 3 is 2.78 bits per heavy atom. The molecule has 0 aliphatic rings. The van der Waals surface area contributed by atoms with Crippen LogP contribution in [0.1, 0.15) is 39.2 Å². The number of hydrogen-bond acceptors (Lipinski definition) is 2. The maximum Gasteiger partial charge on any atom is 0.138 e. The fraction of sp³-hybridized carbons (Fsp3) is 0.533. The highest BCUT2D eigenvalue weighted by Gasteiger charge is 2.09. The number of ether oxygens (including phenoxy) is 1. The lowest BCUT2D eigenvalue weighted by Crippen LogP contribution is -2.08. The van der Waals surface area contributed by atoms with Gasteiger partial charge in [0.25, 0.3) is 0 Å². The van der Waals surface area contributed by atoms with Crippen LogP contribution in [0.5, 0.6) is 5.75 Å². The van der Waals surface area contributed by atoms with Crippen LogP contribution in [0, 0.1) is 17.3 Å². The minimum atomic E-state index is 0.330. The largest absolute Gasteiger partial charge is 0.492 e. The number of alkyl halides is 1. The summed E-state index contributed by atoms with van der Waals surface area (Å²) in [5.41, 5.74) is 1.19. The molecule has 1 aromatic rings. The Balaban J connectivity index is 2.43. The number of aromatic nitrogens is 1. The lowest BCUT2D eigenvalue weighted by molar-refractivity contribution is 0.268. The van der Waals surface area contributed by atoms with E-state index >= 15 is 0 Å². The molecule has 0 amide bonds. The van der Waals surface area contributed by atoms with Gasteiger partial charge >= 0.3 is 0 Å². The molecule has 0 saturated carbocycles. The zero-order valence-corrected chi connectivity index (χ0v) is 12.0. The Kier molecular flexibility index (Phi) is 6.01. The van der Waals surface area contributed by atoms with Crippen molar-refractivity contribution < 1.29 is 4.74 Å². The molecule has 18 heavy (non-hydrogen) atoms. The Morgan fingerprint density at radius 2 is 2.11 bits per heavy atom. The van der Waals surface area contributed by atoms with E-state index in [4.69, 9.17) is 16.3 Å². The van der Waals surface area contributed by atoms with Gasteiger partial charge in [0.05, 0.1) is 18.7 Å². The maximum absolute atomic E-state index is 5.66. The molecule has 0 unspecified atom stereocenters. The second-order valence-electron chi connectivity index (χ2n) is 5.36. The molecule has 3 heteroatoms. The zero-order chi connectivity index (χ0) is 13.4. The van der Waals surface area contributed by atoms with E-state index in [0.717, 1.165) is 24.2 Å². The molecule has 0 fully saturated rings. The van der Waals surface area contributed by atoms with Crippen molar-refractivity contribution in [3.63, 3.8) is 0 Å². The lowest BCUT2D eigenvalue weighted by atomic mass is 9.91. The fourth-order valence-electron chi connectivity index (χ4n) is 1.49.